The number of rotatable bonds is 10. The highest BCUT2D eigenvalue weighted by Crippen LogP contribution is 2.07. The highest BCUT2D eigenvalue weighted by molar-refractivity contribution is 5.66. The largest absolute Gasteiger partial charge is 0.435 e. The summed E-state index contributed by atoms with van der Waals surface area (Å²) < 4.78 is 4.64. The van der Waals surface area contributed by atoms with Crippen LogP contribution in [-0.4, -0.2) is 5.97 Å². The molecule has 0 saturated heterocycles. The Hall–Kier alpha value is -1.31. The van der Waals surface area contributed by atoms with Gasteiger partial charge < -0.3 is 4.74 Å². The van der Waals surface area contributed by atoms with Crippen LogP contribution in [0.5, 0.6) is 0 Å². The highest BCUT2D eigenvalue weighted by Gasteiger charge is 1.87. The smallest absolute Gasteiger partial charge is 0.307 e. The Bertz CT molecular complexity index is 275. The minimum Gasteiger partial charge on any atom is -0.435 e. The van der Waals surface area contributed by atoms with Crippen LogP contribution in [0, 0.1) is 0 Å². The van der Waals surface area contributed by atoms with Gasteiger partial charge in [-0.3, -0.25) is 4.79 Å². The molecule has 0 atom stereocenters. The molecule has 0 N–H and O–H groups in total. The van der Waals surface area contributed by atoms with Gasteiger partial charge in [0.2, 0.25) is 0 Å². The summed E-state index contributed by atoms with van der Waals surface area (Å²) in [6.07, 6.45) is 20.3. The molecule has 0 aliphatic rings. The van der Waals surface area contributed by atoms with Crippen molar-refractivity contribution >= 4 is 5.97 Å². The molecule has 2 heteroatoms. The first-order valence-corrected chi connectivity index (χ1v) is 6.93. The normalized spacial score (nSPS) is 11.9. The van der Waals surface area contributed by atoms with Gasteiger partial charge in [-0.15, -0.1) is 0 Å². The van der Waals surface area contributed by atoms with E-state index >= 15 is 0 Å². The van der Waals surface area contributed by atoms with Gasteiger partial charge in [0.25, 0.3) is 0 Å². The zero-order chi connectivity index (χ0) is 13.5. The van der Waals surface area contributed by atoms with Gasteiger partial charge in [-0.25, -0.2) is 0 Å². The maximum absolute atomic E-state index is 10.4. The lowest BCUT2D eigenvalue weighted by atomic mass is 10.1. The van der Waals surface area contributed by atoms with Crippen molar-refractivity contribution in [3.63, 3.8) is 0 Å². The Kier molecular flexibility index (Phi) is 12.8. The first-order valence-electron chi connectivity index (χ1n) is 6.93. The van der Waals surface area contributed by atoms with Crippen LogP contribution < -0.4 is 0 Å². The van der Waals surface area contributed by atoms with Crippen molar-refractivity contribution < 1.29 is 9.53 Å². The molecule has 0 bridgehead atoms. The number of ether oxygens (including phenoxy) is 1. The van der Waals surface area contributed by atoms with Gasteiger partial charge in [-0.05, 0) is 18.9 Å². The van der Waals surface area contributed by atoms with E-state index in [4.69, 9.17) is 0 Å². The van der Waals surface area contributed by atoms with E-state index in [1.807, 2.05) is 18.2 Å². The van der Waals surface area contributed by atoms with Crippen molar-refractivity contribution in [1.82, 2.24) is 0 Å². The van der Waals surface area contributed by atoms with Gasteiger partial charge in [-0.2, -0.15) is 0 Å². The number of unbranched alkanes of at least 4 members (excludes halogenated alkanes) is 6. The van der Waals surface area contributed by atoms with Gasteiger partial charge in [-0.1, -0.05) is 63.3 Å². The summed E-state index contributed by atoms with van der Waals surface area (Å²) in [6.45, 7) is 3.62. The Morgan fingerprint density at radius 1 is 0.944 bits per heavy atom. The van der Waals surface area contributed by atoms with Crippen LogP contribution in [0.3, 0.4) is 0 Å². The van der Waals surface area contributed by atoms with Crippen LogP contribution in [0.4, 0.5) is 0 Å². The Balaban J connectivity index is 3.34. The topological polar surface area (TPSA) is 26.3 Å². The van der Waals surface area contributed by atoms with Gasteiger partial charge in [0, 0.05) is 6.92 Å². The standard InChI is InChI=1S/C16H26O2/c1-3-4-5-6-7-8-9-10-11-12-13-14-15-18-16(2)17/h10-15H,3-9H2,1-2H3. The average Bonchev–Trinajstić information content (AvgIpc) is 2.34. The maximum atomic E-state index is 10.4. The van der Waals surface area contributed by atoms with Gasteiger partial charge in [0.1, 0.15) is 0 Å². The number of carbonyl (C=O) groups is 1. The number of allylic oxidation sites excluding steroid dienone is 5. The average molecular weight is 250 g/mol. The predicted molar refractivity (Wildman–Crippen MR) is 77.2 cm³/mol. The third-order valence-corrected chi connectivity index (χ3v) is 2.51. The quantitative estimate of drug-likeness (QED) is 0.238. The van der Waals surface area contributed by atoms with Crippen molar-refractivity contribution in [3.8, 4) is 0 Å². The molecule has 102 valence electrons. The van der Waals surface area contributed by atoms with E-state index in [9.17, 15) is 4.79 Å². The van der Waals surface area contributed by atoms with E-state index in [1.54, 1.807) is 6.08 Å². The molecule has 0 radical (unpaired) electrons. The highest BCUT2D eigenvalue weighted by atomic mass is 16.5. The third kappa shape index (κ3) is 14.7. The van der Waals surface area contributed by atoms with E-state index in [1.165, 1.54) is 51.7 Å². The Morgan fingerprint density at radius 2 is 1.61 bits per heavy atom. The van der Waals surface area contributed by atoms with Gasteiger partial charge in [0.05, 0.1) is 6.26 Å². The summed E-state index contributed by atoms with van der Waals surface area (Å²) in [4.78, 5) is 10.4. The number of hydrogen-bond acceptors (Lipinski definition) is 2. The first-order chi connectivity index (χ1) is 8.77. The second-order valence-electron chi connectivity index (χ2n) is 4.31. The zero-order valence-electron chi connectivity index (χ0n) is 11.7. The van der Waals surface area contributed by atoms with Crippen molar-refractivity contribution in [2.45, 2.75) is 58.8 Å². The van der Waals surface area contributed by atoms with E-state index in [2.05, 4.69) is 17.7 Å². The van der Waals surface area contributed by atoms with Crippen LogP contribution >= 0.6 is 0 Å². The Morgan fingerprint density at radius 3 is 2.33 bits per heavy atom. The minimum absolute atomic E-state index is 0.293. The number of esters is 1. The second-order valence-corrected chi connectivity index (χ2v) is 4.31. The fraction of sp³-hybridized carbons (Fsp3) is 0.562. The molecule has 0 rings (SSSR count). The van der Waals surface area contributed by atoms with E-state index in [0.717, 1.165) is 6.42 Å². The van der Waals surface area contributed by atoms with Crippen LogP contribution in [0.15, 0.2) is 36.6 Å². The SMILES string of the molecule is CCCCCCCCC=CC=CC=COC(C)=O. The van der Waals surface area contributed by atoms with Crippen molar-refractivity contribution in [1.29, 1.82) is 0 Å². The molecule has 18 heavy (non-hydrogen) atoms. The summed E-state index contributed by atoms with van der Waals surface area (Å²) in [5.74, 6) is -0.293. The van der Waals surface area contributed by atoms with E-state index < -0.39 is 0 Å². The van der Waals surface area contributed by atoms with Gasteiger partial charge >= 0.3 is 5.97 Å². The van der Waals surface area contributed by atoms with Crippen LogP contribution in [0.2, 0.25) is 0 Å². The molecule has 2 nitrogen and oxygen atoms in total. The lowest BCUT2D eigenvalue weighted by Crippen LogP contribution is -1.88. The molecule has 0 aromatic carbocycles. The molecule has 0 amide bonds. The molecule has 0 heterocycles. The second kappa shape index (κ2) is 13.8. The molecular weight excluding hydrogens is 224 g/mol. The van der Waals surface area contributed by atoms with E-state index in [0.29, 0.717) is 0 Å². The summed E-state index contributed by atoms with van der Waals surface area (Å²) >= 11 is 0. The molecule has 0 aliphatic heterocycles. The number of carbonyl (C=O) groups excluding carboxylic acids is 1. The van der Waals surface area contributed by atoms with E-state index in [-0.39, 0.29) is 5.97 Å². The molecule has 0 fully saturated rings. The minimum atomic E-state index is -0.293. The summed E-state index contributed by atoms with van der Waals surface area (Å²) in [5, 5.41) is 0. The summed E-state index contributed by atoms with van der Waals surface area (Å²) in [5.41, 5.74) is 0. The lowest BCUT2D eigenvalue weighted by molar-refractivity contribution is -0.135. The van der Waals surface area contributed by atoms with Crippen LogP contribution in [0.25, 0.3) is 0 Å². The zero-order valence-corrected chi connectivity index (χ0v) is 11.7. The third-order valence-electron chi connectivity index (χ3n) is 2.51. The maximum Gasteiger partial charge on any atom is 0.307 e. The fourth-order valence-electron chi connectivity index (χ4n) is 1.53. The lowest BCUT2D eigenvalue weighted by Gasteiger charge is -1.97. The van der Waals surface area contributed by atoms with Crippen LogP contribution in [0.1, 0.15) is 58.8 Å². The molecule has 0 aliphatic carbocycles. The van der Waals surface area contributed by atoms with Crippen molar-refractivity contribution in [3.05, 3.63) is 36.6 Å². The van der Waals surface area contributed by atoms with Gasteiger partial charge in [0.15, 0.2) is 0 Å². The number of hydrogen-bond donors (Lipinski definition) is 0. The monoisotopic (exact) mass is 250 g/mol. The molecular formula is C16H26O2. The molecule has 0 spiro atoms. The van der Waals surface area contributed by atoms with Crippen molar-refractivity contribution in [2.75, 3.05) is 0 Å². The molecule has 0 saturated carbocycles. The molecule has 0 aromatic rings. The Labute approximate surface area is 111 Å². The summed E-state index contributed by atoms with van der Waals surface area (Å²) in [6, 6.07) is 0. The fourth-order valence-corrected chi connectivity index (χ4v) is 1.53. The predicted octanol–water partition coefficient (Wildman–Crippen LogP) is 4.93. The molecule has 0 aromatic heterocycles. The first kappa shape index (κ1) is 16.7. The molecule has 0 unspecified atom stereocenters. The summed E-state index contributed by atoms with van der Waals surface area (Å²) in [7, 11) is 0. The van der Waals surface area contributed by atoms with Crippen LogP contribution in [-0.2, 0) is 9.53 Å². The van der Waals surface area contributed by atoms with Crippen molar-refractivity contribution in [2.24, 2.45) is 0 Å².